The number of carbonyl (C=O) groups excluding carboxylic acids is 2. The molecule has 0 unspecified atom stereocenters. The highest BCUT2D eigenvalue weighted by Crippen LogP contribution is 2.39. The molecule has 7 nitrogen and oxygen atoms in total. The molecule has 11 heteroatoms. The van der Waals surface area contributed by atoms with Gasteiger partial charge in [-0.15, -0.1) is 0 Å². The fourth-order valence-corrected chi connectivity index (χ4v) is 4.10. The molecule has 0 saturated carbocycles. The van der Waals surface area contributed by atoms with Gasteiger partial charge in [0.25, 0.3) is 11.1 Å². The lowest BCUT2D eigenvalue weighted by atomic mass is 10.1. The molecule has 2 aromatic carbocycles. The Kier molecular flexibility index (Phi) is 7.38. The molecular weight excluding hydrogens is 489 g/mol. The highest BCUT2D eigenvalue weighted by Gasteiger charge is 2.36. The monoisotopic (exact) mass is 501 g/mol. The van der Waals surface area contributed by atoms with E-state index in [-0.39, 0.29) is 22.3 Å². The molecule has 2 aromatic rings. The Morgan fingerprint density at radius 3 is 2.52 bits per heavy atom. The van der Waals surface area contributed by atoms with E-state index >= 15 is 0 Å². The maximum atomic E-state index is 12.3. The first-order valence-electron chi connectivity index (χ1n) is 8.61. The molecule has 3 rings (SSSR count). The maximum Gasteiger partial charge on any atom is 0.323 e. The van der Waals surface area contributed by atoms with Crippen LogP contribution in [0, 0.1) is 0 Å². The number of carboxylic acid groups (broad SMARTS) is 1. The molecule has 1 aliphatic rings. The van der Waals surface area contributed by atoms with Crippen molar-refractivity contribution >= 4 is 69.8 Å². The summed E-state index contributed by atoms with van der Waals surface area (Å²) in [6.45, 7) is -0.548. The Balaban J connectivity index is 1.83. The first-order valence-corrected chi connectivity index (χ1v) is 10.6. The van der Waals surface area contributed by atoms with Crippen LogP contribution >= 0.6 is 46.6 Å². The van der Waals surface area contributed by atoms with E-state index in [1.54, 1.807) is 30.3 Å². The third-order valence-corrected chi connectivity index (χ3v) is 6.01. The number of hydrogen-bond donors (Lipinski definition) is 1. The summed E-state index contributed by atoms with van der Waals surface area (Å²) < 4.78 is 11.1. The van der Waals surface area contributed by atoms with Crippen LogP contribution in [0.15, 0.2) is 35.2 Å². The zero-order valence-corrected chi connectivity index (χ0v) is 18.9. The smallest absolute Gasteiger partial charge is 0.323 e. The van der Waals surface area contributed by atoms with E-state index < -0.39 is 23.7 Å². The number of halogens is 3. The third kappa shape index (κ3) is 5.46. The van der Waals surface area contributed by atoms with Crippen molar-refractivity contribution in [2.24, 2.45) is 0 Å². The van der Waals surface area contributed by atoms with Gasteiger partial charge in [-0.1, -0.05) is 40.9 Å². The van der Waals surface area contributed by atoms with Gasteiger partial charge in [-0.05, 0) is 53.2 Å². The lowest BCUT2D eigenvalue weighted by Gasteiger charge is -2.14. The Hall–Kier alpha value is -2.39. The number of carbonyl (C=O) groups is 3. The Morgan fingerprint density at radius 2 is 1.87 bits per heavy atom. The van der Waals surface area contributed by atoms with Crippen LogP contribution in [0.2, 0.25) is 15.1 Å². The van der Waals surface area contributed by atoms with Crippen molar-refractivity contribution < 1.29 is 29.0 Å². The van der Waals surface area contributed by atoms with Crippen molar-refractivity contribution in [1.29, 1.82) is 0 Å². The number of benzene rings is 2. The van der Waals surface area contributed by atoms with Gasteiger partial charge in [0.15, 0.2) is 11.5 Å². The van der Waals surface area contributed by atoms with Crippen LogP contribution in [-0.2, 0) is 16.2 Å². The Labute approximate surface area is 196 Å². The molecule has 1 saturated heterocycles. The van der Waals surface area contributed by atoms with Gasteiger partial charge < -0.3 is 14.6 Å². The van der Waals surface area contributed by atoms with Crippen LogP contribution in [0.1, 0.15) is 11.1 Å². The summed E-state index contributed by atoms with van der Waals surface area (Å²) in [6.07, 6.45) is 1.43. The lowest BCUT2D eigenvalue weighted by Crippen LogP contribution is -2.33. The van der Waals surface area contributed by atoms with Crippen LogP contribution in [0.5, 0.6) is 11.5 Å². The molecular formula is C20H14Cl3NO6S. The molecule has 0 aromatic heterocycles. The van der Waals surface area contributed by atoms with Crippen LogP contribution in [0.4, 0.5) is 4.79 Å². The molecule has 1 aliphatic heterocycles. The van der Waals surface area contributed by atoms with Gasteiger partial charge in [0.1, 0.15) is 13.2 Å². The Morgan fingerprint density at radius 1 is 1.13 bits per heavy atom. The second kappa shape index (κ2) is 9.82. The minimum Gasteiger partial charge on any atom is -0.493 e. The van der Waals surface area contributed by atoms with E-state index in [1.165, 1.54) is 13.2 Å². The number of aliphatic carboxylic acids is 1. The largest absolute Gasteiger partial charge is 0.493 e. The van der Waals surface area contributed by atoms with Crippen molar-refractivity contribution in [3.8, 4) is 11.5 Å². The average Bonchev–Trinajstić information content (AvgIpc) is 2.96. The standard InChI is InChI=1S/C20H14Cl3NO6S/c1-29-15-6-11(7-16-19(27)24(8-17(25)26)20(28)31-16)5-14(23)18(15)30-9-10-2-3-12(21)13(22)4-10/h2-7H,8-9H2,1H3,(H,25,26)/b16-7+. The zero-order chi connectivity index (χ0) is 22.7. The predicted octanol–water partition coefficient (Wildman–Crippen LogP) is 5.36. The van der Waals surface area contributed by atoms with Crippen molar-refractivity contribution in [3.05, 3.63) is 61.4 Å². The van der Waals surface area contributed by atoms with E-state index in [0.29, 0.717) is 38.0 Å². The van der Waals surface area contributed by atoms with Gasteiger partial charge in [0.2, 0.25) is 0 Å². The fraction of sp³-hybridized carbons (Fsp3) is 0.150. The number of imide groups is 1. The Bertz CT molecular complexity index is 1100. The molecule has 0 aliphatic carbocycles. The molecule has 0 bridgehead atoms. The summed E-state index contributed by atoms with van der Waals surface area (Å²) in [5.74, 6) is -1.38. The topological polar surface area (TPSA) is 93.1 Å². The number of hydrogen-bond acceptors (Lipinski definition) is 6. The summed E-state index contributed by atoms with van der Waals surface area (Å²) in [4.78, 5) is 35.8. The van der Waals surface area contributed by atoms with Crippen LogP contribution in [0.25, 0.3) is 6.08 Å². The van der Waals surface area contributed by atoms with Gasteiger partial charge >= 0.3 is 5.97 Å². The van der Waals surface area contributed by atoms with Crippen LogP contribution in [-0.4, -0.2) is 40.8 Å². The maximum absolute atomic E-state index is 12.3. The minimum absolute atomic E-state index is 0.0776. The van der Waals surface area contributed by atoms with E-state index in [9.17, 15) is 14.4 Å². The molecule has 0 spiro atoms. The van der Waals surface area contributed by atoms with Gasteiger partial charge in [-0.2, -0.15) is 0 Å². The number of amides is 2. The SMILES string of the molecule is COc1cc(/C=C2/SC(=O)N(CC(=O)O)C2=O)cc(Cl)c1OCc1ccc(Cl)c(Cl)c1. The van der Waals surface area contributed by atoms with E-state index in [0.717, 1.165) is 5.56 Å². The molecule has 1 N–H and O–H groups in total. The molecule has 1 fully saturated rings. The zero-order valence-electron chi connectivity index (χ0n) is 15.9. The third-order valence-electron chi connectivity index (χ3n) is 4.08. The van der Waals surface area contributed by atoms with Crippen molar-refractivity contribution in [2.45, 2.75) is 6.61 Å². The highest BCUT2D eigenvalue weighted by molar-refractivity contribution is 8.18. The molecule has 1 heterocycles. The van der Waals surface area contributed by atoms with Gasteiger partial charge in [0, 0.05) is 0 Å². The average molecular weight is 503 g/mol. The molecule has 0 atom stereocenters. The fourth-order valence-electron chi connectivity index (χ4n) is 2.67. The molecule has 0 radical (unpaired) electrons. The number of ether oxygens (including phenoxy) is 2. The first kappa shape index (κ1) is 23.3. The first-order chi connectivity index (χ1) is 14.7. The van der Waals surface area contributed by atoms with E-state index in [2.05, 4.69) is 0 Å². The summed E-state index contributed by atoms with van der Waals surface area (Å²) in [6, 6.07) is 8.21. The quantitative estimate of drug-likeness (QED) is 0.510. The summed E-state index contributed by atoms with van der Waals surface area (Å²) >= 11 is 18.9. The number of nitrogens with zero attached hydrogens (tertiary/aromatic N) is 1. The summed E-state index contributed by atoms with van der Waals surface area (Å²) in [7, 11) is 1.43. The van der Waals surface area contributed by atoms with Crippen molar-refractivity contribution in [2.75, 3.05) is 13.7 Å². The molecule has 162 valence electrons. The van der Waals surface area contributed by atoms with Crippen LogP contribution in [0.3, 0.4) is 0 Å². The molecule has 31 heavy (non-hydrogen) atoms. The number of methoxy groups -OCH3 is 1. The van der Waals surface area contributed by atoms with Crippen LogP contribution < -0.4 is 9.47 Å². The number of rotatable bonds is 7. The van der Waals surface area contributed by atoms with Crippen molar-refractivity contribution in [3.63, 3.8) is 0 Å². The minimum atomic E-state index is -1.28. The predicted molar refractivity (Wildman–Crippen MR) is 119 cm³/mol. The second-order valence-electron chi connectivity index (χ2n) is 6.23. The second-order valence-corrected chi connectivity index (χ2v) is 8.45. The van der Waals surface area contributed by atoms with Gasteiger partial charge in [0.05, 0.1) is 27.1 Å². The van der Waals surface area contributed by atoms with E-state index in [4.69, 9.17) is 49.4 Å². The normalized spacial score (nSPS) is 15.0. The van der Waals surface area contributed by atoms with Gasteiger partial charge in [-0.3, -0.25) is 19.3 Å². The number of thioether (sulfide) groups is 1. The number of carboxylic acids is 1. The summed E-state index contributed by atoms with van der Waals surface area (Å²) in [5, 5.41) is 9.23. The lowest BCUT2D eigenvalue weighted by molar-refractivity contribution is -0.140. The van der Waals surface area contributed by atoms with Crippen molar-refractivity contribution in [1.82, 2.24) is 4.90 Å². The van der Waals surface area contributed by atoms with Gasteiger partial charge in [-0.25, -0.2) is 0 Å². The highest BCUT2D eigenvalue weighted by atomic mass is 35.5. The summed E-state index contributed by atoms with van der Waals surface area (Å²) in [5.41, 5.74) is 1.24. The van der Waals surface area contributed by atoms with E-state index in [1.807, 2.05) is 0 Å². The molecule has 2 amide bonds.